The van der Waals surface area contributed by atoms with Crippen molar-refractivity contribution < 1.29 is 18.4 Å². The Morgan fingerprint density at radius 1 is 1.43 bits per heavy atom. The van der Waals surface area contributed by atoms with Crippen molar-refractivity contribution in [1.82, 2.24) is 5.32 Å². The molecule has 1 atom stereocenters. The third kappa shape index (κ3) is 5.06. The van der Waals surface area contributed by atoms with Crippen molar-refractivity contribution in [2.45, 2.75) is 58.4 Å². The summed E-state index contributed by atoms with van der Waals surface area (Å²) in [5, 5.41) is 2.27. The minimum Gasteiger partial charge on any atom is -0.346 e. The van der Waals surface area contributed by atoms with Gasteiger partial charge in [0.25, 0.3) is 5.91 Å². The second-order valence-electron chi connectivity index (χ2n) is 6.69. The Kier molecular flexibility index (Phi) is 5.07. The molecule has 3 nitrogen and oxygen atoms in total. The number of Topliss-reactive ketones (excluding diaryl/α,β-unsaturated/α-hetero) is 1. The number of amides is 1. The van der Waals surface area contributed by atoms with E-state index in [4.69, 9.17) is 0 Å². The molecule has 0 radical (unpaired) electrons. The van der Waals surface area contributed by atoms with Gasteiger partial charge in [-0.15, -0.1) is 0 Å². The summed E-state index contributed by atoms with van der Waals surface area (Å²) in [6.07, 6.45) is 1.74. The third-order valence-electron chi connectivity index (χ3n) is 3.43. The highest BCUT2D eigenvalue weighted by Gasteiger charge is 2.41. The predicted octanol–water partition coefficient (Wildman–Crippen LogP) is 3.41. The van der Waals surface area contributed by atoms with Crippen molar-refractivity contribution >= 4 is 11.7 Å². The smallest absolute Gasteiger partial charge is 0.328 e. The number of halogens is 2. The lowest BCUT2D eigenvalue weighted by atomic mass is 9.82. The second kappa shape index (κ2) is 6.08. The van der Waals surface area contributed by atoms with E-state index >= 15 is 0 Å². The van der Waals surface area contributed by atoms with Crippen LogP contribution in [0.2, 0.25) is 0 Å². The molecule has 118 valence electrons. The van der Waals surface area contributed by atoms with E-state index in [0.29, 0.717) is 12.0 Å². The van der Waals surface area contributed by atoms with E-state index in [2.05, 4.69) is 11.9 Å². The molecule has 1 unspecified atom stereocenters. The van der Waals surface area contributed by atoms with Crippen molar-refractivity contribution in [1.29, 1.82) is 0 Å². The molecule has 1 N–H and O–H groups in total. The van der Waals surface area contributed by atoms with Gasteiger partial charge in [0.1, 0.15) is 0 Å². The van der Waals surface area contributed by atoms with E-state index in [1.54, 1.807) is 33.8 Å². The molecule has 0 saturated heterocycles. The molecule has 0 aromatic rings. The molecule has 0 aromatic carbocycles. The summed E-state index contributed by atoms with van der Waals surface area (Å²) in [7, 11) is 0. The van der Waals surface area contributed by atoms with Gasteiger partial charge in [0, 0.05) is 18.4 Å². The number of allylic oxidation sites excluding steroid dienone is 3. The lowest BCUT2D eigenvalue weighted by Crippen LogP contribution is -2.49. The molecule has 1 aliphatic carbocycles. The van der Waals surface area contributed by atoms with E-state index in [1.807, 2.05) is 0 Å². The zero-order valence-corrected chi connectivity index (χ0v) is 13.1. The van der Waals surface area contributed by atoms with Crippen LogP contribution in [0, 0.1) is 5.92 Å². The van der Waals surface area contributed by atoms with Gasteiger partial charge >= 0.3 is 5.92 Å². The summed E-state index contributed by atoms with van der Waals surface area (Å²) in [4.78, 5) is 23.3. The highest BCUT2D eigenvalue weighted by molar-refractivity contribution is 5.95. The van der Waals surface area contributed by atoms with Crippen LogP contribution < -0.4 is 5.32 Å². The van der Waals surface area contributed by atoms with Crippen LogP contribution in [0.25, 0.3) is 0 Å². The number of carbonyl (C=O) groups is 2. The number of ketones is 1. The Balaban J connectivity index is 2.69. The number of carbonyl (C=O) groups excluding carboxylic acids is 2. The van der Waals surface area contributed by atoms with Crippen molar-refractivity contribution in [2.24, 2.45) is 5.92 Å². The molecule has 5 heteroatoms. The van der Waals surface area contributed by atoms with Crippen LogP contribution >= 0.6 is 0 Å². The van der Waals surface area contributed by atoms with Gasteiger partial charge in [-0.05, 0) is 45.6 Å². The first-order chi connectivity index (χ1) is 9.42. The van der Waals surface area contributed by atoms with Crippen molar-refractivity contribution in [3.05, 3.63) is 23.8 Å². The fraction of sp³-hybridized carbons (Fsp3) is 0.625. The van der Waals surface area contributed by atoms with Gasteiger partial charge in [-0.25, -0.2) is 0 Å². The van der Waals surface area contributed by atoms with Gasteiger partial charge in [0.15, 0.2) is 5.78 Å². The number of hydrogen-bond acceptors (Lipinski definition) is 2. The number of alkyl halides is 2. The molecule has 0 fully saturated rings. The van der Waals surface area contributed by atoms with Crippen molar-refractivity contribution in [2.75, 3.05) is 0 Å². The van der Waals surface area contributed by atoms with Crippen LogP contribution in [0.3, 0.4) is 0 Å². The molecule has 0 saturated carbocycles. The highest BCUT2D eigenvalue weighted by Crippen LogP contribution is 2.33. The molecule has 1 aliphatic rings. The molecule has 0 heterocycles. The molecule has 0 aromatic heterocycles. The van der Waals surface area contributed by atoms with E-state index < -0.39 is 23.8 Å². The third-order valence-corrected chi connectivity index (χ3v) is 3.43. The average Bonchev–Trinajstić information content (AvgIpc) is 2.29. The lowest BCUT2D eigenvalue weighted by Gasteiger charge is -2.27. The monoisotopic (exact) mass is 299 g/mol. The van der Waals surface area contributed by atoms with Crippen LogP contribution in [-0.2, 0) is 9.59 Å². The molecular formula is C16H23F2NO2. The Labute approximate surface area is 124 Å². The molecule has 0 spiro atoms. The lowest BCUT2D eigenvalue weighted by molar-refractivity contribution is -0.147. The standard InChI is InChI=1S/C16H23F2NO2/c1-10-6-7-12(8-13(10)20)11(2)9-16(17,18)14(21)19-15(3,4)5/h6,12H,2,7-9H2,1,3-5H3,(H,19,21). The minimum absolute atomic E-state index is 0.0464. The Hall–Kier alpha value is -1.52. The largest absolute Gasteiger partial charge is 0.346 e. The topological polar surface area (TPSA) is 46.2 Å². The fourth-order valence-electron chi connectivity index (χ4n) is 2.15. The van der Waals surface area contributed by atoms with E-state index in [-0.39, 0.29) is 23.7 Å². The van der Waals surface area contributed by atoms with Crippen LogP contribution in [-0.4, -0.2) is 23.2 Å². The molecule has 21 heavy (non-hydrogen) atoms. The average molecular weight is 299 g/mol. The van der Waals surface area contributed by atoms with Gasteiger partial charge in [-0.3, -0.25) is 9.59 Å². The van der Waals surface area contributed by atoms with Crippen molar-refractivity contribution in [3.8, 4) is 0 Å². The quantitative estimate of drug-likeness (QED) is 0.809. The molecule has 0 aliphatic heterocycles. The number of hydrogen-bond donors (Lipinski definition) is 1. The summed E-state index contributed by atoms with van der Waals surface area (Å²) in [5.41, 5.74) is 0.195. The summed E-state index contributed by atoms with van der Waals surface area (Å²) in [6.45, 7) is 10.3. The van der Waals surface area contributed by atoms with Gasteiger partial charge in [-0.1, -0.05) is 18.2 Å². The summed E-state index contributed by atoms with van der Waals surface area (Å²) in [5.74, 6) is -5.17. The van der Waals surface area contributed by atoms with Crippen LogP contribution in [0.4, 0.5) is 8.78 Å². The van der Waals surface area contributed by atoms with E-state index in [9.17, 15) is 18.4 Å². The Bertz CT molecular complexity index is 487. The zero-order chi connectivity index (χ0) is 16.4. The molecule has 1 rings (SSSR count). The van der Waals surface area contributed by atoms with Gasteiger partial charge < -0.3 is 5.32 Å². The van der Waals surface area contributed by atoms with Crippen molar-refractivity contribution in [3.63, 3.8) is 0 Å². The summed E-state index contributed by atoms with van der Waals surface area (Å²) < 4.78 is 27.9. The first-order valence-electron chi connectivity index (χ1n) is 7.00. The van der Waals surface area contributed by atoms with Gasteiger partial charge in [-0.2, -0.15) is 8.78 Å². The summed E-state index contributed by atoms with van der Waals surface area (Å²) >= 11 is 0. The van der Waals surface area contributed by atoms with Gasteiger partial charge in [0.05, 0.1) is 0 Å². The number of rotatable bonds is 4. The van der Waals surface area contributed by atoms with Crippen LogP contribution in [0.1, 0.15) is 47.0 Å². The second-order valence-corrected chi connectivity index (χ2v) is 6.69. The van der Waals surface area contributed by atoms with Crippen LogP contribution in [0.5, 0.6) is 0 Å². The van der Waals surface area contributed by atoms with Crippen LogP contribution in [0.15, 0.2) is 23.8 Å². The first kappa shape index (κ1) is 17.5. The van der Waals surface area contributed by atoms with E-state index in [1.165, 1.54) is 0 Å². The first-order valence-corrected chi connectivity index (χ1v) is 7.00. The maximum Gasteiger partial charge on any atom is 0.328 e. The zero-order valence-electron chi connectivity index (χ0n) is 13.1. The minimum atomic E-state index is -3.51. The predicted molar refractivity (Wildman–Crippen MR) is 78.1 cm³/mol. The molecular weight excluding hydrogens is 276 g/mol. The molecule has 1 amide bonds. The van der Waals surface area contributed by atoms with E-state index in [0.717, 1.165) is 0 Å². The number of nitrogens with one attached hydrogen (secondary N) is 1. The molecule has 0 bridgehead atoms. The maximum atomic E-state index is 14.0. The maximum absolute atomic E-state index is 14.0. The highest BCUT2D eigenvalue weighted by atomic mass is 19.3. The van der Waals surface area contributed by atoms with Gasteiger partial charge in [0.2, 0.25) is 0 Å². The normalized spacial score (nSPS) is 20.0. The summed E-state index contributed by atoms with van der Waals surface area (Å²) in [6, 6.07) is 0. The fourth-order valence-corrected chi connectivity index (χ4v) is 2.15. The Morgan fingerprint density at radius 3 is 2.48 bits per heavy atom. The SMILES string of the molecule is C=C(CC(F)(F)C(=O)NC(C)(C)C)C1CC=C(C)C(=O)C1. The Morgan fingerprint density at radius 2 is 2.00 bits per heavy atom.